The average Bonchev–Trinajstić information content (AvgIpc) is 2.68. The van der Waals surface area contributed by atoms with Crippen LogP contribution in [0.15, 0.2) is 23.1 Å². The van der Waals surface area contributed by atoms with Crippen molar-refractivity contribution in [1.82, 2.24) is 10.2 Å². The van der Waals surface area contributed by atoms with Crippen LogP contribution in [0.5, 0.6) is 0 Å². The van der Waals surface area contributed by atoms with Crippen molar-refractivity contribution in [3.8, 4) is 0 Å². The highest BCUT2D eigenvalue weighted by atomic mass is 32.2. The monoisotopic (exact) mass is 293 g/mol. The second kappa shape index (κ2) is 4.94. The Morgan fingerprint density at radius 2 is 1.80 bits per heavy atom. The highest BCUT2D eigenvalue weighted by molar-refractivity contribution is 7.92. The molecule has 6 heteroatoms. The van der Waals surface area contributed by atoms with Crippen LogP contribution in [0.4, 0.5) is 5.69 Å². The molecule has 0 saturated heterocycles. The summed E-state index contributed by atoms with van der Waals surface area (Å²) < 4.78 is 26.8. The van der Waals surface area contributed by atoms with Crippen molar-refractivity contribution in [2.24, 2.45) is 0 Å². The third kappa shape index (κ3) is 2.31. The molecule has 1 N–H and O–H groups in total. The number of hydrogen-bond donors (Lipinski definition) is 1. The number of aromatic amines is 1. The lowest BCUT2D eigenvalue weighted by molar-refractivity contribution is 0.593. The smallest absolute Gasteiger partial charge is 0.267 e. The highest BCUT2D eigenvalue weighted by Gasteiger charge is 2.28. The van der Waals surface area contributed by atoms with E-state index in [4.69, 9.17) is 0 Å². The van der Waals surface area contributed by atoms with Gasteiger partial charge in [-0.15, -0.1) is 0 Å². The normalized spacial score (nSPS) is 11.7. The Balaban J connectivity index is 2.55. The molecule has 0 bridgehead atoms. The number of hydrogen-bond acceptors (Lipinski definition) is 3. The van der Waals surface area contributed by atoms with E-state index < -0.39 is 10.0 Å². The number of aromatic nitrogens is 2. The van der Waals surface area contributed by atoms with Crippen molar-refractivity contribution in [3.63, 3.8) is 0 Å². The molecule has 5 nitrogen and oxygen atoms in total. The maximum atomic E-state index is 12.7. The second-order valence-electron chi connectivity index (χ2n) is 5.03. The second-order valence-corrected chi connectivity index (χ2v) is 6.93. The number of H-pyrrole nitrogens is 1. The third-order valence-electron chi connectivity index (χ3n) is 3.37. The van der Waals surface area contributed by atoms with Crippen molar-refractivity contribution in [1.29, 1.82) is 0 Å². The molecular formula is C14H19N3O2S. The van der Waals surface area contributed by atoms with Crippen LogP contribution in [0.25, 0.3) is 0 Å². The third-order valence-corrected chi connectivity index (χ3v) is 5.41. The molecule has 2 rings (SSSR count). The van der Waals surface area contributed by atoms with Gasteiger partial charge in [0.25, 0.3) is 10.0 Å². The zero-order valence-corrected chi connectivity index (χ0v) is 13.2. The molecule has 0 aliphatic rings. The van der Waals surface area contributed by atoms with Crippen molar-refractivity contribution < 1.29 is 8.42 Å². The topological polar surface area (TPSA) is 66.1 Å². The van der Waals surface area contributed by atoms with E-state index in [0.29, 0.717) is 17.1 Å². The summed E-state index contributed by atoms with van der Waals surface area (Å²) in [7, 11) is -2.04. The fourth-order valence-electron chi connectivity index (χ4n) is 2.35. The van der Waals surface area contributed by atoms with E-state index in [1.54, 1.807) is 20.9 Å². The molecule has 2 aromatic rings. The van der Waals surface area contributed by atoms with Gasteiger partial charge in [-0.25, -0.2) is 8.42 Å². The molecular weight excluding hydrogens is 274 g/mol. The predicted octanol–water partition coefficient (Wildman–Crippen LogP) is 2.47. The first kappa shape index (κ1) is 14.6. The van der Waals surface area contributed by atoms with E-state index in [9.17, 15) is 8.42 Å². The van der Waals surface area contributed by atoms with Crippen LogP contribution >= 0.6 is 0 Å². The molecule has 0 atom stereocenters. The van der Waals surface area contributed by atoms with Crippen molar-refractivity contribution >= 4 is 15.7 Å². The van der Waals surface area contributed by atoms with E-state index >= 15 is 0 Å². The van der Waals surface area contributed by atoms with E-state index in [2.05, 4.69) is 10.2 Å². The van der Waals surface area contributed by atoms with Gasteiger partial charge in [0.05, 0.1) is 17.1 Å². The van der Waals surface area contributed by atoms with Crippen LogP contribution in [-0.4, -0.2) is 25.7 Å². The van der Waals surface area contributed by atoms with E-state index in [1.165, 1.54) is 4.31 Å². The van der Waals surface area contributed by atoms with Gasteiger partial charge in [0.15, 0.2) is 0 Å². The predicted molar refractivity (Wildman–Crippen MR) is 79.6 cm³/mol. The first-order valence-corrected chi connectivity index (χ1v) is 7.77. The first-order valence-electron chi connectivity index (χ1n) is 6.33. The van der Waals surface area contributed by atoms with E-state index in [1.807, 2.05) is 32.0 Å². The molecule has 0 fully saturated rings. The zero-order valence-electron chi connectivity index (χ0n) is 12.4. The van der Waals surface area contributed by atoms with Crippen molar-refractivity contribution in [3.05, 3.63) is 40.7 Å². The number of sulfonamides is 1. The first-order chi connectivity index (χ1) is 9.25. The molecule has 0 aliphatic heterocycles. The summed E-state index contributed by atoms with van der Waals surface area (Å²) in [5.41, 5.74) is 3.75. The number of benzene rings is 1. The molecule has 108 valence electrons. The summed E-state index contributed by atoms with van der Waals surface area (Å²) in [5.74, 6) is 0. The molecule has 1 heterocycles. The molecule has 0 spiro atoms. The lowest BCUT2D eigenvalue weighted by Gasteiger charge is -2.21. The molecule has 0 amide bonds. The molecule has 0 saturated carbocycles. The quantitative estimate of drug-likeness (QED) is 0.945. The van der Waals surface area contributed by atoms with Crippen LogP contribution in [0.3, 0.4) is 0 Å². The average molecular weight is 293 g/mol. The standard InChI is InChI=1S/C14H19N3O2S/c1-9-6-7-13(10(2)8-9)17(5)20(18,19)14-11(3)15-16-12(14)4/h6-8H,1-5H3,(H,15,16). The number of rotatable bonds is 3. The Kier molecular flexibility index (Phi) is 3.60. The van der Waals surface area contributed by atoms with Gasteiger partial charge in [-0.3, -0.25) is 9.40 Å². The number of anilines is 1. The Bertz CT molecular complexity index is 728. The minimum absolute atomic E-state index is 0.250. The number of aryl methyl sites for hydroxylation is 4. The summed E-state index contributed by atoms with van der Waals surface area (Å²) in [5, 5.41) is 6.68. The Morgan fingerprint density at radius 3 is 2.30 bits per heavy atom. The van der Waals surface area contributed by atoms with Gasteiger partial charge in [0.1, 0.15) is 4.90 Å². The van der Waals surface area contributed by atoms with Crippen LogP contribution < -0.4 is 4.31 Å². The van der Waals surface area contributed by atoms with Gasteiger partial charge in [-0.05, 0) is 39.3 Å². The Labute approximate surface area is 119 Å². The van der Waals surface area contributed by atoms with Crippen LogP contribution in [0, 0.1) is 27.7 Å². The minimum Gasteiger partial charge on any atom is -0.281 e. The zero-order chi connectivity index (χ0) is 15.1. The van der Waals surface area contributed by atoms with Crippen LogP contribution in [0.1, 0.15) is 22.5 Å². The van der Waals surface area contributed by atoms with Crippen molar-refractivity contribution in [2.45, 2.75) is 32.6 Å². The fraction of sp³-hybridized carbons (Fsp3) is 0.357. The molecule has 1 aromatic carbocycles. The molecule has 0 radical (unpaired) electrons. The minimum atomic E-state index is -3.61. The van der Waals surface area contributed by atoms with Crippen LogP contribution in [-0.2, 0) is 10.0 Å². The van der Waals surface area contributed by atoms with Gasteiger partial charge >= 0.3 is 0 Å². The van der Waals surface area contributed by atoms with E-state index in [0.717, 1.165) is 11.1 Å². The number of nitrogens with one attached hydrogen (secondary N) is 1. The van der Waals surface area contributed by atoms with Gasteiger partial charge in [-0.1, -0.05) is 17.7 Å². The lowest BCUT2D eigenvalue weighted by Crippen LogP contribution is -2.28. The van der Waals surface area contributed by atoms with Gasteiger partial charge in [0.2, 0.25) is 0 Å². The fourth-order valence-corrected chi connectivity index (χ4v) is 3.94. The molecule has 1 aromatic heterocycles. The molecule has 0 aliphatic carbocycles. The summed E-state index contributed by atoms with van der Waals surface area (Å²) in [6, 6.07) is 5.70. The molecule has 0 unspecified atom stereocenters. The molecule has 20 heavy (non-hydrogen) atoms. The maximum absolute atomic E-state index is 12.7. The Hall–Kier alpha value is -1.82. The van der Waals surface area contributed by atoms with Gasteiger partial charge in [-0.2, -0.15) is 5.10 Å². The Morgan fingerprint density at radius 1 is 1.15 bits per heavy atom. The number of nitrogens with zero attached hydrogens (tertiary/aromatic N) is 2. The lowest BCUT2D eigenvalue weighted by atomic mass is 10.1. The summed E-state index contributed by atoms with van der Waals surface area (Å²) in [4.78, 5) is 0.250. The largest absolute Gasteiger partial charge is 0.281 e. The van der Waals surface area contributed by atoms with Gasteiger partial charge in [0, 0.05) is 7.05 Å². The van der Waals surface area contributed by atoms with Gasteiger partial charge < -0.3 is 0 Å². The maximum Gasteiger partial charge on any atom is 0.267 e. The SMILES string of the molecule is Cc1ccc(N(C)S(=O)(=O)c2c(C)n[nH]c2C)c(C)c1. The summed E-state index contributed by atoms with van der Waals surface area (Å²) in [6.07, 6.45) is 0. The van der Waals surface area contributed by atoms with E-state index in [-0.39, 0.29) is 4.90 Å². The summed E-state index contributed by atoms with van der Waals surface area (Å²) >= 11 is 0. The van der Waals surface area contributed by atoms with Crippen LogP contribution in [0.2, 0.25) is 0 Å². The highest BCUT2D eigenvalue weighted by Crippen LogP contribution is 2.28. The summed E-state index contributed by atoms with van der Waals surface area (Å²) in [6.45, 7) is 7.29. The van der Waals surface area contributed by atoms with Crippen molar-refractivity contribution in [2.75, 3.05) is 11.4 Å².